The van der Waals surface area contributed by atoms with Crippen LogP contribution in [-0.2, 0) is 17.6 Å². The molecule has 2 N–H and O–H groups in total. The van der Waals surface area contributed by atoms with Crippen molar-refractivity contribution in [3.8, 4) is 0 Å². The van der Waals surface area contributed by atoms with Crippen molar-refractivity contribution in [3.05, 3.63) is 65.2 Å². The molecule has 1 saturated carbocycles. The lowest BCUT2D eigenvalue weighted by Gasteiger charge is -2.26. The minimum Gasteiger partial charge on any atom is -0.390 e. The number of ketones is 1. The molecular formula is C24H26N2O3. The number of nitrogens with one attached hydrogen (secondary N) is 1. The van der Waals surface area contributed by atoms with Crippen LogP contribution < -0.4 is 5.32 Å². The van der Waals surface area contributed by atoms with Crippen molar-refractivity contribution in [2.24, 2.45) is 11.8 Å². The van der Waals surface area contributed by atoms with Gasteiger partial charge in [-0.1, -0.05) is 30.3 Å². The lowest BCUT2D eigenvalue weighted by atomic mass is 9.91. The summed E-state index contributed by atoms with van der Waals surface area (Å²) in [6, 6.07) is 15.7. The lowest BCUT2D eigenvalue weighted by Crippen LogP contribution is -2.34. The molecule has 2 fully saturated rings. The molecule has 2 aliphatic heterocycles. The summed E-state index contributed by atoms with van der Waals surface area (Å²) in [5, 5.41) is 13.9. The van der Waals surface area contributed by atoms with Gasteiger partial charge in [-0.3, -0.25) is 14.5 Å². The molecule has 2 aromatic rings. The molecule has 1 saturated heterocycles. The number of carbonyl (C=O) groups excluding carboxylic acids is 2. The minimum absolute atomic E-state index is 0.0139. The van der Waals surface area contributed by atoms with Crippen LogP contribution in [0.3, 0.4) is 0 Å². The highest BCUT2D eigenvalue weighted by Crippen LogP contribution is 2.45. The first kappa shape index (κ1) is 18.5. The van der Waals surface area contributed by atoms with Crippen LogP contribution in [0.1, 0.15) is 34.3 Å². The minimum atomic E-state index is -0.619. The number of anilines is 1. The van der Waals surface area contributed by atoms with E-state index in [0.717, 1.165) is 37.2 Å². The summed E-state index contributed by atoms with van der Waals surface area (Å²) >= 11 is 0. The number of nitrogens with zero attached hydrogens (tertiary/aromatic N) is 1. The van der Waals surface area contributed by atoms with Gasteiger partial charge in [-0.15, -0.1) is 0 Å². The van der Waals surface area contributed by atoms with E-state index in [1.165, 1.54) is 5.56 Å². The third kappa shape index (κ3) is 3.72. The first-order valence-corrected chi connectivity index (χ1v) is 10.4. The zero-order valence-electron chi connectivity index (χ0n) is 16.4. The monoisotopic (exact) mass is 390 g/mol. The second kappa shape index (κ2) is 7.08. The van der Waals surface area contributed by atoms with Crippen molar-refractivity contribution in [2.45, 2.75) is 31.3 Å². The van der Waals surface area contributed by atoms with Crippen LogP contribution in [-0.4, -0.2) is 46.9 Å². The van der Waals surface area contributed by atoms with Crippen molar-refractivity contribution < 1.29 is 14.7 Å². The largest absolute Gasteiger partial charge is 0.390 e. The zero-order chi connectivity index (χ0) is 20.0. The molecule has 0 bridgehead atoms. The van der Waals surface area contributed by atoms with E-state index in [0.29, 0.717) is 36.8 Å². The summed E-state index contributed by atoms with van der Waals surface area (Å²) in [6.07, 6.45) is 2.68. The van der Waals surface area contributed by atoms with Crippen molar-refractivity contribution in [1.82, 2.24) is 4.90 Å². The van der Waals surface area contributed by atoms with Crippen molar-refractivity contribution >= 4 is 17.4 Å². The number of hydrogen-bond acceptors (Lipinski definition) is 4. The summed E-state index contributed by atoms with van der Waals surface area (Å²) in [5.41, 5.74) is 2.97. The first-order chi connectivity index (χ1) is 14.0. The van der Waals surface area contributed by atoms with Crippen molar-refractivity contribution in [2.75, 3.05) is 25.0 Å². The van der Waals surface area contributed by atoms with E-state index in [1.807, 2.05) is 36.4 Å². The quantitative estimate of drug-likeness (QED) is 0.770. The number of Topliss-reactive ketones (excluding diaryl/α,β-unsaturated/α-hetero) is 1. The van der Waals surface area contributed by atoms with Gasteiger partial charge in [-0.2, -0.15) is 0 Å². The standard InChI is InChI=1S/C24H26N2O3/c27-22(17-6-7-21-18(8-17)9-23(28)25-21)15-26-13-19-11-24(29,12-20(19)14-26)10-16-4-2-1-3-5-16/h1-8,19-20,29H,9-15H2,(H,25,28)/t19-,20+,24?. The number of rotatable bonds is 5. The van der Waals surface area contributed by atoms with E-state index in [9.17, 15) is 14.7 Å². The van der Waals surface area contributed by atoms with E-state index in [2.05, 4.69) is 22.3 Å². The Kier molecular flexibility index (Phi) is 4.52. The Balaban J connectivity index is 1.18. The molecule has 3 aliphatic rings. The highest BCUT2D eigenvalue weighted by atomic mass is 16.3. The highest BCUT2D eigenvalue weighted by Gasteiger charge is 2.48. The molecule has 5 nitrogen and oxygen atoms in total. The fourth-order valence-corrected chi connectivity index (χ4v) is 5.50. The summed E-state index contributed by atoms with van der Waals surface area (Å²) < 4.78 is 0. The number of amides is 1. The summed E-state index contributed by atoms with van der Waals surface area (Å²) in [4.78, 5) is 26.5. The average molecular weight is 390 g/mol. The molecule has 3 atom stereocenters. The van der Waals surface area contributed by atoms with Gasteiger partial charge in [0.15, 0.2) is 5.78 Å². The Bertz CT molecular complexity index is 942. The molecule has 0 radical (unpaired) electrons. The third-order valence-electron chi connectivity index (χ3n) is 6.73. The average Bonchev–Trinajstić information content (AvgIpc) is 3.31. The number of carbonyl (C=O) groups is 2. The molecule has 5 heteroatoms. The van der Waals surface area contributed by atoms with E-state index in [4.69, 9.17) is 0 Å². The molecule has 150 valence electrons. The Hall–Kier alpha value is -2.50. The Morgan fingerprint density at radius 2 is 1.83 bits per heavy atom. The van der Waals surface area contributed by atoms with Crippen LogP contribution in [0.15, 0.2) is 48.5 Å². The molecule has 1 aliphatic carbocycles. The fraction of sp³-hybridized carbons (Fsp3) is 0.417. The smallest absolute Gasteiger partial charge is 0.228 e. The van der Waals surface area contributed by atoms with Gasteiger partial charge in [0.25, 0.3) is 0 Å². The second-order valence-electron chi connectivity index (χ2n) is 9.03. The molecule has 29 heavy (non-hydrogen) atoms. The van der Waals surface area contributed by atoms with E-state index in [1.54, 1.807) is 0 Å². The number of benzene rings is 2. The van der Waals surface area contributed by atoms with E-state index in [-0.39, 0.29) is 11.7 Å². The third-order valence-corrected chi connectivity index (χ3v) is 6.73. The molecule has 0 aromatic heterocycles. The number of likely N-dealkylation sites (tertiary alicyclic amines) is 1. The number of hydrogen-bond donors (Lipinski definition) is 2. The molecule has 2 aromatic carbocycles. The molecule has 5 rings (SSSR count). The van der Waals surface area contributed by atoms with E-state index >= 15 is 0 Å². The maximum absolute atomic E-state index is 12.8. The predicted octanol–water partition coefficient (Wildman–Crippen LogP) is 2.68. The van der Waals surface area contributed by atoms with Gasteiger partial charge >= 0.3 is 0 Å². The van der Waals surface area contributed by atoms with Gasteiger partial charge in [0, 0.05) is 30.8 Å². The Labute approximate surface area is 170 Å². The molecule has 0 spiro atoms. The molecule has 2 heterocycles. The van der Waals surface area contributed by atoms with Crippen LogP contribution in [0.2, 0.25) is 0 Å². The summed E-state index contributed by atoms with van der Waals surface area (Å²) in [6.45, 7) is 2.15. The van der Waals surface area contributed by atoms with Crippen LogP contribution in [0.4, 0.5) is 5.69 Å². The van der Waals surface area contributed by atoms with Gasteiger partial charge in [0.2, 0.25) is 5.91 Å². The van der Waals surface area contributed by atoms with Crippen LogP contribution in [0, 0.1) is 11.8 Å². The Morgan fingerprint density at radius 1 is 1.10 bits per heavy atom. The first-order valence-electron chi connectivity index (χ1n) is 10.4. The lowest BCUT2D eigenvalue weighted by molar-refractivity contribution is -0.115. The maximum atomic E-state index is 12.8. The molecule has 1 unspecified atom stereocenters. The summed E-state index contributed by atoms with van der Waals surface area (Å²) in [7, 11) is 0. The van der Waals surface area contributed by atoms with E-state index < -0.39 is 5.60 Å². The topological polar surface area (TPSA) is 69.6 Å². The number of fused-ring (bicyclic) bond motifs is 2. The normalized spacial score (nSPS) is 28.2. The van der Waals surface area contributed by atoms with Gasteiger partial charge in [0.1, 0.15) is 0 Å². The maximum Gasteiger partial charge on any atom is 0.228 e. The molecule has 1 amide bonds. The second-order valence-corrected chi connectivity index (χ2v) is 9.03. The zero-order valence-corrected chi connectivity index (χ0v) is 16.4. The van der Waals surface area contributed by atoms with Gasteiger partial charge in [0.05, 0.1) is 18.6 Å². The molecular weight excluding hydrogens is 364 g/mol. The van der Waals surface area contributed by atoms with Gasteiger partial charge < -0.3 is 10.4 Å². The van der Waals surface area contributed by atoms with Crippen molar-refractivity contribution in [1.29, 1.82) is 0 Å². The van der Waals surface area contributed by atoms with Gasteiger partial charge in [-0.05, 0) is 54.0 Å². The Morgan fingerprint density at radius 3 is 2.55 bits per heavy atom. The van der Waals surface area contributed by atoms with Crippen LogP contribution in [0.5, 0.6) is 0 Å². The van der Waals surface area contributed by atoms with Gasteiger partial charge in [-0.25, -0.2) is 0 Å². The number of aliphatic hydroxyl groups is 1. The fourth-order valence-electron chi connectivity index (χ4n) is 5.50. The summed E-state index contributed by atoms with van der Waals surface area (Å²) in [5.74, 6) is 1.00. The predicted molar refractivity (Wildman–Crippen MR) is 111 cm³/mol. The highest BCUT2D eigenvalue weighted by molar-refractivity contribution is 6.02. The van der Waals surface area contributed by atoms with Crippen molar-refractivity contribution in [3.63, 3.8) is 0 Å². The SMILES string of the molecule is O=C1Cc2cc(C(=O)CN3C[C@@H]4CC(O)(Cc5ccccc5)C[C@@H]4C3)ccc2N1. The van der Waals surface area contributed by atoms with Crippen LogP contribution in [0.25, 0.3) is 0 Å². The van der Waals surface area contributed by atoms with Crippen LogP contribution >= 0.6 is 0 Å².